The van der Waals surface area contributed by atoms with Crippen molar-refractivity contribution in [3.05, 3.63) is 51.1 Å². The number of nitrogens with one attached hydrogen (secondary N) is 1. The first kappa shape index (κ1) is 15.3. The molecule has 0 amide bonds. The molecule has 0 saturated heterocycles. The Kier molecular flexibility index (Phi) is 3.91. The lowest BCUT2D eigenvalue weighted by Gasteiger charge is -2.04. The molecule has 0 unspecified atom stereocenters. The van der Waals surface area contributed by atoms with Gasteiger partial charge in [-0.2, -0.15) is 0 Å². The molecule has 1 aromatic carbocycles. The minimum absolute atomic E-state index is 0.0500. The van der Waals surface area contributed by atoms with Crippen LogP contribution < -0.4 is 5.56 Å². The second-order valence-electron chi connectivity index (χ2n) is 4.56. The van der Waals surface area contributed by atoms with E-state index in [1.54, 1.807) is 6.92 Å². The van der Waals surface area contributed by atoms with E-state index in [1.807, 2.05) is 0 Å². The Hall–Kier alpha value is -2.61. The minimum Gasteiger partial charge on any atom is -0.462 e. The van der Waals surface area contributed by atoms with Gasteiger partial charge in [-0.05, 0) is 19.1 Å². The summed E-state index contributed by atoms with van der Waals surface area (Å²) in [7, 11) is 0. The molecule has 0 spiro atoms. The summed E-state index contributed by atoms with van der Waals surface area (Å²) in [5.74, 6) is -2.55. The van der Waals surface area contributed by atoms with Crippen LogP contribution in [0, 0.1) is 11.6 Å². The van der Waals surface area contributed by atoms with Gasteiger partial charge in [0.2, 0.25) is 0 Å². The van der Waals surface area contributed by atoms with Crippen LogP contribution in [0.2, 0.25) is 0 Å². The number of nitrogens with zero attached hydrogens (tertiary/aromatic N) is 1. The van der Waals surface area contributed by atoms with Crippen LogP contribution in [0.4, 0.5) is 8.78 Å². The fourth-order valence-electron chi connectivity index (χ4n) is 2.15. The number of aromatic nitrogens is 2. The van der Waals surface area contributed by atoms with Crippen molar-refractivity contribution in [2.45, 2.75) is 6.92 Å². The molecular formula is C15H10F2N2O3S. The van der Waals surface area contributed by atoms with E-state index < -0.39 is 28.7 Å². The number of carbonyl (C=O) groups excluding carboxylic acids is 1. The number of carbonyl (C=O) groups is 1. The van der Waals surface area contributed by atoms with Gasteiger partial charge in [-0.15, -0.1) is 11.3 Å². The number of hydrogen-bond donors (Lipinski definition) is 1. The summed E-state index contributed by atoms with van der Waals surface area (Å²) in [5.41, 5.74) is -0.990. The predicted octanol–water partition coefficient (Wildman–Crippen LogP) is 3.11. The maximum Gasteiger partial charge on any atom is 0.339 e. The topological polar surface area (TPSA) is 72.0 Å². The van der Waals surface area contributed by atoms with Crippen molar-refractivity contribution in [2.24, 2.45) is 0 Å². The number of fused-ring (bicyclic) bond motifs is 1. The highest BCUT2D eigenvalue weighted by molar-refractivity contribution is 7.17. The van der Waals surface area contributed by atoms with Crippen molar-refractivity contribution < 1.29 is 18.3 Å². The van der Waals surface area contributed by atoms with Crippen LogP contribution in [-0.4, -0.2) is 22.5 Å². The van der Waals surface area contributed by atoms with Crippen LogP contribution in [0.15, 0.2) is 28.4 Å². The molecule has 0 aliphatic heterocycles. The molecule has 0 atom stereocenters. The van der Waals surface area contributed by atoms with E-state index in [0.29, 0.717) is 0 Å². The van der Waals surface area contributed by atoms with E-state index >= 15 is 0 Å². The van der Waals surface area contributed by atoms with Gasteiger partial charge in [-0.25, -0.2) is 18.6 Å². The lowest BCUT2D eigenvalue weighted by molar-refractivity contribution is 0.0529. The normalized spacial score (nSPS) is 10.9. The highest BCUT2D eigenvalue weighted by atomic mass is 32.1. The zero-order valence-corrected chi connectivity index (χ0v) is 12.7. The average Bonchev–Trinajstić information content (AvgIpc) is 2.92. The van der Waals surface area contributed by atoms with Crippen LogP contribution in [0.5, 0.6) is 0 Å². The van der Waals surface area contributed by atoms with E-state index in [0.717, 1.165) is 23.5 Å². The highest BCUT2D eigenvalue weighted by Crippen LogP contribution is 2.27. The molecule has 0 aliphatic carbocycles. The summed E-state index contributed by atoms with van der Waals surface area (Å²) >= 11 is 1.03. The molecular weight excluding hydrogens is 326 g/mol. The van der Waals surface area contributed by atoms with Crippen LogP contribution in [0.25, 0.3) is 21.6 Å². The van der Waals surface area contributed by atoms with Gasteiger partial charge in [0.15, 0.2) is 0 Å². The Labute approximate surface area is 132 Å². The summed E-state index contributed by atoms with van der Waals surface area (Å²) in [4.78, 5) is 30.7. The number of esters is 1. The molecule has 3 aromatic rings. The summed E-state index contributed by atoms with van der Waals surface area (Å²) < 4.78 is 32.5. The van der Waals surface area contributed by atoms with Crippen molar-refractivity contribution in [3.63, 3.8) is 0 Å². The number of rotatable bonds is 3. The minimum atomic E-state index is -0.838. The van der Waals surface area contributed by atoms with Crippen LogP contribution in [0.3, 0.4) is 0 Å². The van der Waals surface area contributed by atoms with E-state index in [4.69, 9.17) is 4.74 Å². The smallest absolute Gasteiger partial charge is 0.339 e. The van der Waals surface area contributed by atoms with Crippen LogP contribution in [-0.2, 0) is 4.74 Å². The third-order valence-electron chi connectivity index (χ3n) is 3.14. The summed E-state index contributed by atoms with van der Waals surface area (Å²) in [6.07, 6.45) is 0. The van der Waals surface area contributed by atoms with E-state index in [9.17, 15) is 18.4 Å². The molecule has 118 valence electrons. The number of halogens is 2. The molecule has 0 radical (unpaired) electrons. The third-order valence-corrected chi connectivity index (χ3v) is 4.01. The number of benzene rings is 1. The fourth-order valence-corrected chi connectivity index (χ4v) is 3.06. The molecule has 5 nitrogen and oxygen atoms in total. The van der Waals surface area contributed by atoms with Gasteiger partial charge in [0, 0.05) is 5.38 Å². The number of hydrogen-bond acceptors (Lipinski definition) is 5. The Balaban J connectivity index is 2.21. The van der Waals surface area contributed by atoms with Crippen molar-refractivity contribution in [1.82, 2.24) is 9.97 Å². The Morgan fingerprint density at radius 3 is 2.70 bits per heavy atom. The fraction of sp³-hybridized carbons (Fsp3) is 0.133. The Bertz CT molecular complexity index is 945. The second kappa shape index (κ2) is 5.88. The number of ether oxygens (including phenoxy) is 1. The van der Waals surface area contributed by atoms with E-state index in [1.165, 1.54) is 11.4 Å². The largest absolute Gasteiger partial charge is 0.462 e. The molecule has 2 heterocycles. The monoisotopic (exact) mass is 336 g/mol. The van der Waals surface area contributed by atoms with Gasteiger partial charge >= 0.3 is 5.97 Å². The van der Waals surface area contributed by atoms with Crippen LogP contribution >= 0.6 is 11.3 Å². The summed E-state index contributed by atoms with van der Waals surface area (Å²) in [6, 6.07) is 3.36. The molecule has 2 aromatic heterocycles. The van der Waals surface area contributed by atoms with Gasteiger partial charge < -0.3 is 9.72 Å². The van der Waals surface area contributed by atoms with E-state index in [-0.39, 0.29) is 28.2 Å². The molecule has 0 saturated carbocycles. The molecule has 23 heavy (non-hydrogen) atoms. The molecule has 0 bridgehead atoms. The summed E-state index contributed by atoms with van der Waals surface area (Å²) in [6.45, 7) is 1.81. The highest BCUT2D eigenvalue weighted by Gasteiger charge is 2.20. The number of thiophene rings is 1. The van der Waals surface area contributed by atoms with Gasteiger partial charge in [0.25, 0.3) is 5.56 Å². The van der Waals surface area contributed by atoms with Gasteiger partial charge in [-0.1, -0.05) is 6.07 Å². The van der Waals surface area contributed by atoms with Gasteiger partial charge in [0.05, 0.1) is 23.1 Å². The molecule has 3 rings (SSSR count). The van der Waals surface area contributed by atoms with Crippen molar-refractivity contribution in [3.8, 4) is 11.4 Å². The quantitative estimate of drug-likeness (QED) is 0.746. The number of H-pyrrole nitrogens is 1. The summed E-state index contributed by atoms with van der Waals surface area (Å²) in [5, 5.41) is 1.49. The average molecular weight is 336 g/mol. The number of aromatic amines is 1. The first-order chi connectivity index (χ1) is 11.0. The lowest BCUT2D eigenvalue weighted by Crippen LogP contribution is -2.13. The maximum atomic E-state index is 13.8. The van der Waals surface area contributed by atoms with Gasteiger partial charge in [0.1, 0.15) is 22.3 Å². The first-order valence-electron chi connectivity index (χ1n) is 6.66. The predicted molar refractivity (Wildman–Crippen MR) is 81.5 cm³/mol. The molecule has 0 fully saturated rings. The van der Waals surface area contributed by atoms with Crippen molar-refractivity contribution in [1.29, 1.82) is 0 Å². The third kappa shape index (κ3) is 2.61. The zero-order chi connectivity index (χ0) is 16.6. The molecule has 8 heteroatoms. The lowest BCUT2D eigenvalue weighted by atomic mass is 10.1. The van der Waals surface area contributed by atoms with Crippen molar-refractivity contribution >= 4 is 27.5 Å². The van der Waals surface area contributed by atoms with E-state index in [2.05, 4.69) is 9.97 Å². The SMILES string of the molecule is CCOC(=O)c1csc2nc(-c3c(F)cccc3F)[nH]c(=O)c12. The maximum absolute atomic E-state index is 13.8. The van der Waals surface area contributed by atoms with Crippen molar-refractivity contribution in [2.75, 3.05) is 6.61 Å². The Morgan fingerprint density at radius 2 is 2.04 bits per heavy atom. The second-order valence-corrected chi connectivity index (χ2v) is 5.42. The van der Waals surface area contributed by atoms with Crippen LogP contribution in [0.1, 0.15) is 17.3 Å². The first-order valence-corrected chi connectivity index (χ1v) is 7.54. The molecule has 1 N–H and O–H groups in total. The zero-order valence-electron chi connectivity index (χ0n) is 11.9. The standard InChI is InChI=1S/C15H10F2N2O3S/c1-2-22-15(21)7-6-23-14-10(7)13(20)18-12(19-14)11-8(16)4-3-5-9(11)17/h3-6H,2H2,1H3,(H,18,19,20). The Morgan fingerprint density at radius 1 is 1.35 bits per heavy atom. The van der Waals surface area contributed by atoms with Gasteiger partial charge in [-0.3, -0.25) is 4.79 Å². The molecule has 0 aliphatic rings.